The molecule has 0 bridgehead atoms. The largest absolute Gasteiger partial charge is 0.416 e. The first-order valence-corrected chi connectivity index (χ1v) is 5.79. The Morgan fingerprint density at radius 3 is 2.68 bits per heavy atom. The van der Waals surface area contributed by atoms with Crippen LogP contribution in [0.2, 0.25) is 5.02 Å². The van der Waals surface area contributed by atoms with Crippen LogP contribution in [0.4, 0.5) is 18.9 Å². The SMILES string of the molecule is NC(CCCNc1cc(C(F)(F)F)ccc1Cl)=NO. The molecule has 19 heavy (non-hydrogen) atoms. The molecular formula is C11H13ClF3N3O. The number of hydrogen-bond acceptors (Lipinski definition) is 3. The Morgan fingerprint density at radius 2 is 2.11 bits per heavy atom. The molecule has 0 unspecified atom stereocenters. The van der Waals surface area contributed by atoms with Gasteiger partial charge in [-0.2, -0.15) is 13.2 Å². The number of halogens is 4. The Labute approximate surface area is 113 Å². The van der Waals surface area contributed by atoms with E-state index in [0.717, 1.165) is 12.1 Å². The molecule has 1 aromatic rings. The molecule has 0 aliphatic carbocycles. The zero-order valence-electron chi connectivity index (χ0n) is 9.84. The quantitative estimate of drug-likeness (QED) is 0.257. The van der Waals surface area contributed by atoms with Crippen molar-refractivity contribution in [1.82, 2.24) is 0 Å². The molecule has 0 aromatic heterocycles. The van der Waals surface area contributed by atoms with Gasteiger partial charge in [0.25, 0.3) is 0 Å². The molecule has 0 saturated carbocycles. The average molecular weight is 296 g/mol. The van der Waals surface area contributed by atoms with Gasteiger partial charge in [0, 0.05) is 13.0 Å². The van der Waals surface area contributed by atoms with Crippen LogP contribution in [0, 0.1) is 0 Å². The first kappa shape index (κ1) is 15.4. The van der Waals surface area contributed by atoms with Crippen LogP contribution in [0.5, 0.6) is 0 Å². The fourth-order valence-electron chi connectivity index (χ4n) is 1.38. The molecule has 0 spiro atoms. The second-order valence-electron chi connectivity index (χ2n) is 3.81. The van der Waals surface area contributed by atoms with Gasteiger partial charge in [-0.05, 0) is 24.6 Å². The Kier molecular flexibility index (Phi) is 5.29. The smallest absolute Gasteiger partial charge is 0.409 e. The number of amidine groups is 1. The summed E-state index contributed by atoms with van der Waals surface area (Å²) in [6.45, 7) is 0.358. The highest BCUT2D eigenvalue weighted by Crippen LogP contribution is 2.33. The predicted molar refractivity (Wildman–Crippen MR) is 67.6 cm³/mol. The number of hydrogen-bond donors (Lipinski definition) is 3. The molecule has 1 aromatic carbocycles. The van der Waals surface area contributed by atoms with Crippen LogP contribution >= 0.6 is 11.6 Å². The second kappa shape index (κ2) is 6.51. The van der Waals surface area contributed by atoms with Crippen LogP contribution < -0.4 is 11.1 Å². The molecule has 0 fully saturated rings. The predicted octanol–water partition coefficient (Wildman–Crippen LogP) is 3.30. The molecule has 0 atom stereocenters. The van der Waals surface area contributed by atoms with Gasteiger partial charge < -0.3 is 16.3 Å². The van der Waals surface area contributed by atoms with E-state index in [1.807, 2.05) is 0 Å². The van der Waals surface area contributed by atoms with Gasteiger partial charge in [-0.15, -0.1) is 0 Å². The van der Waals surface area contributed by atoms with Crippen molar-refractivity contribution in [3.8, 4) is 0 Å². The van der Waals surface area contributed by atoms with Gasteiger partial charge in [0.15, 0.2) is 0 Å². The number of benzene rings is 1. The summed E-state index contributed by atoms with van der Waals surface area (Å²) in [6, 6.07) is 3.06. The van der Waals surface area contributed by atoms with Crippen LogP contribution in [0.1, 0.15) is 18.4 Å². The Balaban J connectivity index is 2.63. The molecule has 4 N–H and O–H groups in total. The minimum Gasteiger partial charge on any atom is -0.409 e. The summed E-state index contributed by atoms with van der Waals surface area (Å²) in [5.41, 5.74) is 4.70. The second-order valence-corrected chi connectivity index (χ2v) is 4.22. The van der Waals surface area contributed by atoms with Gasteiger partial charge >= 0.3 is 6.18 Å². The van der Waals surface area contributed by atoms with Crippen molar-refractivity contribution >= 4 is 23.1 Å². The van der Waals surface area contributed by atoms with Crippen LogP contribution in [-0.2, 0) is 6.18 Å². The number of nitrogens with two attached hydrogens (primary N) is 1. The highest BCUT2D eigenvalue weighted by molar-refractivity contribution is 6.33. The Morgan fingerprint density at radius 1 is 1.42 bits per heavy atom. The molecule has 0 saturated heterocycles. The van der Waals surface area contributed by atoms with E-state index in [1.54, 1.807) is 0 Å². The topological polar surface area (TPSA) is 70.6 Å². The first-order valence-electron chi connectivity index (χ1n) is 5.41. The molecular weight excluding hydrogens is 283 g/mol. The summed E-state index contributed by atoms with van der Waals surface area (Å²) >= 11 is 5.80. The average Bonchev–Trinajstić information content (AvgIpc) is 2.34. The maximum atomic E-state index is 12.5. The van der Waals surface area contributed by atoms with Crippen molar-refractivity contribution in [1.29, 1.82) is 0 Å². The molecule has 0 heterocycles. The van der Waals surface area contributed by atoms with E-state index >= 15 is 0 Å². The number of nitrogens with zero attached hydrogens (tertiary/aromatic N) is 1. The Hall–Kier alpha value is -1.63. The zero-order chi connectivity index (χ0) is 14.5. The third kappa shape index (κ3) is 4.86. The maximum Gasteiger partial charge on any atom is 0.416 e. The van der Waals surface area contributed by atoms with E-state index in [4.69, 9.17) is 22.5 Å². The summed E-state index contributed by atoms with van der Waals surface area (Å²) < 4.78 is 37.5. The van der Waals surface area contributed by atoms with Gasteiger partial charge in [0.05, 0.1) is 16.3 Å². The minimum absolute atomic E-state index is 0.0666. The third-order valence-corrected chi connectivity index (χ3v) is 2.68. The highest BCUT2D eigenvalue weighted by atomic mass is 35.5. The van der Waals surface area contributed by atoms with Crippen molar-refractivity contribution in [3.63, 3.8) is 0 Å². The molecule has 106 valence electrons. The zero-order valence-corrected chi connectivity index (χ0v) is 10.6. The molecule has 4 nitrogen and oxygen atoms in total. The van der Waals surface area contributed by atoms with Crippen molar-refractivity contribution in [2.45, 2.75) is 19.0 Å². The Bertz CT molecular complexity index is 463. The monoisotopic (exact) mass is 295 g/mol. The molecule has 0 aliphatic heterocycles. The van der Waals surface area contributed by atoms with Gasteiger partial charge in [-0.3, -0.25) is 0 Å². The van der Waals surface area contributed by atoms with E-state index in [9.17, 15) is 13.2 Å². The summed E-state index contributed by atoms with van der Waals surface area (Å²) in [5, 5.41) is 14.1. The highest BCUT2D eigenvalue weighted by Gasteiger charge is 2.30. The van der Waals surface area contributed by atoms with E-state index < -0.39 is 11.7 Å². The molecule has 8 heteroatoms. The summed E-state index contributed by atoms with van der Waals surface area (Å²) in [6.07, 6.45) is -3.57. The van der Waals surface area contributed by atoms with Gasteiger partial charge in [-0.1, -0.05) is 16.8 Å². The minimum atomic E-state index is -4.41. The lowest BCUT2D eigenvalue weighted by atomic mass is 10.2. The molecule has 0 radical (unpaired) electrons. The normalized spacial score (nSPS) is 12.5. The van der Waals surface area contributed by atoms with Crippen molar-refractivity contribution in [2.24, 2.45) is 10.9 Å². The maximum absolute atomic E-state index is 12.5. The van der Waals surface area contributed by atoms with Gasteiger partial charge in [0.1, 0.15) is 5.84 Å². The standard InChI is InChI=1S/C11H13ClF3N3O/c12-8-4-3-7(11(13,14)15)6-9(8)17-5-1-2-10(16)18-19/h3-4,6,17,19H,1-2,5H2,(H2,16,18). The molecule has 0 aliphatic rings. The van der Waals surface area contributed by atoms with E-state index in [1.165, 1.54) is 6.07 Å². The summed E-state index contributed by atoms with van der Waals surface area (Å²) in [4.78, 5) is 0. The van der Waals surface area contributed by atoms with Crippen molar-refractivity contribution < 1.29 is 18.4 Å². The van der Waals surface area contributed by atoms with Gasteiger partial charge in [-0.25, -0.2) is 0 Å². The lowest BCUT2D eigenvalue weighted by Crippen LogP contribution is -2.14. The molecule has 1 rings (SSSR count). The third-order valence-electron chi connectivity index (χ3n) is 2.35. The van der Waals surface area contributed by atoms with Crippen molar-refractivity contribution in [2.75, 3.05) is 11.9 Å². The summed E-state index contributed by atoms with van der Waals surface area (Å²) in [7, 11) is 0. The molecule has 0 amide bonds. The van der Waals surface area contributed by atoms with Crippen LogP contribution in [0.3, 0.4) is 0 Å². The van der Waals surface area contributed by atoms with Crippen LogP contribution in [-0.4, -0.2) is 17.6 Å². The van der Waals surface area contributed by atoms with Crippen molar-refractivity contribution in [3.05, 3.63) is 28.8 Å². The van der Waals surface area contributed by atoms with Crippen LogP contribution in [0.25, 0.3) is 0 Å². The fourth-order valence-corrected chi connectivity index (χ4v) is 1.56. The summed E-state index contributed by atoms with van der Waals surface area (Å²) in [5.74, 6) is 0.0666. The number of anilines is 1. The van der Waals surface area contributed by atoms with Crippen LogP contribution in [0.15, 0.2) is 23.4 Å². The van der Waals surface area contributed by atoms with E-state index in [0.29, 0.717) is 19.4 Å². The van der Waals surface area contributed by atoms with E-state index in [2.05, 4.69) is 10.5 Å². The number of oxime groups is 1. The first-order chi connectivity index (χ1) is 8.84. The van der Waals surface area contributed by atoms with Gasteiger partial charge in [0.2, 0.25) is 0 Å². The van der Waals surface area contributed by atoms with E-state index in [-0.39, 0.29) is 16.5 Å². The number of nitrogens with one attached hydrogen (secondary N) is 1. The lowest BCUT2D eigenvalue weighted by molar-refractivity contribution is -0.137. The number of rotatable bonds is 5. The lowest BCUT2D eigenvalue weighted by Gasteiger charge is -2.12. The number of alkyl halides is 3. The fraction of sp³-hybridized carbons (Fsp3) is 0.364.